The van der Waals surface area contributed by atoms with Crippen LogP contribution in [-0.4, -0.2) is 115 Å². The van der Waals surface area contributed by atoms with Crippen molar-refractivity contribution < 1.29 is 33.3 Å². The number of carbonyl (C=O) groups is 2. The van der Waals surface area contributed by atoms with Gasteiger partial charge in [0.15, 0.2) is 0 Å². The lowest BCUT2D eigenvalue weighted by Crippen LogP contribution is -2.29. The van der Waals surface area contributed by atoms with Crippen molar-refractivity contribution >= 4 is 29.8 Å². The third kappa shape index (κ3) is 20.3. The van der Waals surface area contributed by atoms with E-state index in [-0.39, 0.29) is 12.1 Å². The molecule has 2 aromatic heterocycles. The van der Waals surface area contributed by atoms with Crippen LogP contribution in [0.1, 0.15) is 26.2 Å². The number of anilines is 3. The van der Waals surface area contributed by atoms with Gasteiger partial charge in [0.25, 0.3) is 5.56 Å². The summed E-state index contributed by atoms with van der Waals surface area (Å²) in [5.41, 5.74) is 7.77. The third-order valence-electron chi connectivity index (χ3n) is 6.17. The number of ether oxygens (including phenoxy) is 5. The maximum absolute atomic E-state index is 11.1. The Balaban J connectivity index is 0.000000492. The van der Waals surface area contributed by atoms with Gasteiger partial charge in [-0.15, -0.1) is 0 Å². The fraction of sp³-hybridized carbons (Fsp3) is 0.613. The van der Waals surface area contributed by atoms with E-state index in [0.29, 0.717) is 77.8 Å². The Morgan fingerprint density at radius 2 is 1.51 bits per heavy atom. The highest BCUT2D eigenvalue weighted by Crippen LogP contribution is 2.21. The van der Waals surface area contributed by atoms with E-state index in [2.05, 4.69) is 31.3 Å². The van der Waals surface area contributed by atoms with E-state index in [1.54, 1.807) is 7.11 Å². The van der Waals surface area contributed by atoms with Crippen molar-refractivity contribution in [2.75, 3.05) is 108 Å². The van der Waals surface area contributed by atoms with Crippen LogP contribution >= 0.6 is 0 Å². The van der Waals surface area contributed by atoms with Gasteiger partial charge in [-0.05, 0) is 38.3 Å². The molecule has 0 saturated carbocycles. The third-order valence-corrected chi connectivity index (χ3v) is 6.17. The molecular formula is C31H52N6O8. The molecule has 1 saturated heterocycles. The molecule has 2 aromatic rings. The second-order valence-corrected chi connectivity index (χ2v) is 9.56. The minimum Gasteiger partial charge on any atom is -0.385 e. The molecule has 4 N–H and O–H groups in total. The smallest absolute Gasteiger partial charge is 0.251 e. The first-order valence-corrected chi connectivity index (χ1v) is 15.4. The Hall–Kier alpha value is -3.40. The van der Waals surface area contributed by atoms with Crippen LogP contribution in [0.15, 0.2) is 41.6 Å². The molecule has 0 radical (unpaired) electrons. The van der Waals surface area contributed by atoms with E-state index in [1.807, 2.05) is 19.3 Å². The highest BCUT2D eigenvalue weighted by molar-refractivity contribution is 5.70. The number of hydrogen-bond donors (Lipinski definition) is 3. The second kappa shape index (κ2) is 28.1. The van der Waals surface area contributed by atoms with E-state index in [1.165, 1.54) is 47.8 Å². The van der Waals surface area contributed by atoms with Crippen LogP contribution in [0.3, 0.4) is 0 Å². The number of nitrogens with two attached hydrogens (primary N) is 1. The fourth-order valence-electron chi connectivity index (χ4n) is 3.87. The molecule has 1 amide bonds. The van der Waals surface area contributed by atoms with Crippen LogP contribution < -0.4 is 26.8 Å². The molecule has 1 aliphatic rings. The predicted molar refractivity (Wildman–Crippen MR) is 175 cm³/mol. The topological polar surface area (TPSA) is 168 Å². The second-order valence-electron chi connectivity index (χ2n) is 9.56. The summed E-state index contributed by atoms with van der Waals surface area (Å²) >= 11 is 0. The van der Waals surface area contributed by atoms with Crippen molar-refractivity contribution in [3.63, 3.8) is 0 Å². The average molecular weight is 637 g/mol. The molecule has 14 nitrogen and oxygen atoms in total. The molecule has 14 heteroatoms. The van der Waals surface area contributed by atoms with E-state index >= 15 is 0 Å². The molecule has 45 heavy (non-hydrogen) atoms. The standard InChI is InChI=1S/C20H36N4O4.C8H8N2O3.C3H8O/c21-4-8-25-10-12-27-14-15-28-13-11-26-9-5-23-19-16-20(18-22-17-19)24-6-2-1-3-7-24;11-4-3-10-5-7(9-6-12)1-2-8(10)13;1-3-4-2/h16-18,23H,1-15,21H2;1-2,4-6H,3H2,(H,9,12);3H2,1-2H3. The summed E-state index contributed by atoms with van der Waals surface area (Å²) in [6, 6.07) is 4.93. The van der Waals surface area contributed by atoms with Crippen molar-refractivity contribution in [2.45, 2.75) is 32.7 Å². The van der Waals surface area contributed by atoms with Gasteiger partial charge in [0.1, 0.15) is 6.29 Å². The Morgan fingerprint density at radius 3 is 2.09 bits per heavy atom. The van der Waals surface area contributed by atoms with Crippen molar-refractivity contribution in [1.29, 1.82) is 0 Å². The van der Waals surface area contributed by atoms with Gasteiger partial charge in [-0.3, -0.25) is 14.6 Å². The molecule has 3 heterocycles. The zero-order valence-electron chi connectivity index (χ0n) is 26.8. The van der Waals surface area contributed by atoms with E-state index in [0.717, 1.165) is 31.9 Å². The lowest BCUT2D eigenvalue weighted by Gasteiger charge is -2.28. The maximum Gasteiger partial charge on any atom is 0.251 e. The van der Waals surface area contributed by atoms with Gasteiger partial charge >= 0.3 is 0 Å². The summed E-state index contributed by atoms with van der Waals surface area (Å²) in [6.45, 7) is 10.9. The number of amides is 1. The summed E-state index contributed by atoms with van der Waals surface area (Å²) in [4.78, 5) is 38.0. The molecule has 1 aliphatic heterocycles. The Labute approximate surface area is 266 Å². The monoisotopic (exact) mass is 636 g/mol. The van der Waals surface area contributed by atoms with Gasteiger partial charge in [-0.25, -0.2) is 0 Å². The van der Waals surface area contributed by atoms with Gasteiger partial charge in [0, 0.05) is 52.2 Å². The Bertz CT molecular complexity index is 1070. The van der Waals surface area contributed by atoms with Gasteiger partial charge in [-0.2, -0.15) is 0 Å². The van der Waals surface area contributed by atoms with Crippen molar-refractivity contribution in [3.05, 3.63) is 47.1 Å². The van der Waals surface area contributed by atoms with E-state index < -0.39 is 0 Å². The number of nitrogens with zero attached hydrogens (tertiary/aromatic N) is 3. The van der Waals surface area contributed by atoms with Crippen LogP contribution in [-0.2, 0) is 39.8 Å². The number of hydrogen-bond acceptors (Lipinski definition) is 12. The van der Waals surface area contributed by atoms with E-state index in [4.69, 9.17) is 24.7 Å². The van der Waals surface area contributed by atoms with Crippen LogP contribution in [0.2, 0.25) is 0 Å². The minimum atomic E-state index is -0.274. The molecule has 0 aromatic carbocycles. The molecule has 0 bridgehead atoms. The van der Waals surface area contributed by atoms with Crippen LogP contribution in [0.25, 0.3) is 0 Å². The number of pyridine rings is 2. The van der Waals surface area contributed by atoms with Crippen LogP contribution in [0, 0.1) is 0 Å². The molecule has 0 spiro atoms. The molecule has 1 fully saturated rings. The summed E-state index contributed by atoms with van der Waals surface area (Å²) in [5.74, 6) is 0. The average Bonchev–Trinajstić information content (AvgIpc) is 3.07. The maximum atomic E-state index is 11.1. The van der Waals surface area contributed by atoms with Crippen molar-refractivity contribution in [3.8, 4) is 0 Å². The summed E-state index contributed by atoms with van der Waals surface area (Å²) in [5, 5.41) is 5.75. The molecule has 254 valence electrons. The van der Waals surface area contributed by atoms with Gasteiger partial charge in [-0.1, -0.05) is 0 Å². The minimum absolute atomic E-state index is 0.00674. The molecule has 0 aliphatic carbocycles. The van der Waals surface area contributed by atoms with Crippen LogP contribution in [0.5, 0.6) is 0 Å². The molecule has 0 unspecified atom stereocenters. The molecule has 0 atom stereocenters. The number of nitrogens with one attached hydrogen (secondary N) is 2. The number of methoxy groups -OCH3 is 1. The fourth-order valence-corrected chi connectivity index (χ4v) is 3.87. The van der Waals surface area contributed by atoms with Crippen molar-refractivity contribution in [2.24, 2.45) is 5.73 Å². The van der Waals surface area contributed by atoms with Gasteiger partial charge in [0.2, 0.25) is 6.41 Å². The molecular weight excluding hydrogens is 584 g/mol. The SMILES string of the molecule is CCOC.NCCOCCOCCOCCOCCNc1cncc(N2CCCCC2)c1.O=CCn1cc(NC=O)ccc1=O. The Morgan fingerprint density at radius 1 is 0.889 bits per heavy atom. The predicted octanol–water partition coefficient (Wildman–Crippen LogP) is 1.78. The number of carbonyl (C=O) groups excluding carboxylic acids is 2. The number of rotatable bonds is 21. The van der Waals surface area contributed by atoms with Gasteiger partial charge in [0.05, 0.1) is 88.9 Å². The number of aromatic nitrogens is 2. The highest BCUT2D eigenvalue weighted by atomic mass is 16.6. The zero-order valence-corrected chi connectivity index (χ0v) is 26.8. The summed E-state index contributed by atoms with van der Waals surface area (Å²) < 4.78 is 27.4. The lowest BCUT2D eigenvalue weighted by molar-refractivity contribution is -0.108. The quantitative estimate of drug-likeness (QED) is 0.134. The zero-order chi connectivity index (χ0) is 32.8. The first kappa shape index (κ1) is 39.6. The first-order chi connectivity index (χ1) is 22.1. The van der Waals surface area contributed by atoms with Gasteiger partial charge < -0.3 is 54.3 Å². The summed E-state index contributed by atoms with van der Waals surface area (Å²) in [7, 11) is 1.68. The normalized spacial score (nSPS) is 12.3. The van der Waals surface area contributed by atoms with Crippen LogP contribution in [0.4, 0.5) is 17.1 Å². The van der Waals surface area contributed by atoms with Crippen molar-refractivity contribution in [1.82, 2.24) is 9.55 Å². The highest BCUT2D eigenvalue weighted by Gasteiger charge is 2.11. The Kier molecular flexibility index (Phi) is 24.7. The summed E-state index contributed by atoms with van der Waals surface area (Å²) in [6.07, 6.45) is 10.2. The largest absolute Gasteiger partial charge is 0.385 e. The first-order valence-electron chi connectivity index (χ1n) is 15.4. The molecule has 3 rings (SSSR count). The lowest BCUT2D eigenvalue weighted by atomic mass is 10.1. The number of piperidine rings is 1. The number of aldehydes is 1. The van der Waals surface area contributed by atoms with E-state index in [9.17, 15) is 14.4 Å².